The van der Waals surface area contributed by atoms with Crippen LogP contribution in [0.1, 0.15) is 19.4 Å². The van der Waals surface area contributed by atoms with Crippen molar-refractivity contribution in [1.82, 2.24) is 0 Å². The maximum Gasteiger partial charge on any atom is 0.174 e. The number of halogens is 1. The molecule has 0 radical (unpaired) electrons. The first-order valence-electron chi connectivity index (χ1n) is 9.38. The molecular weight excluding hydrogens is 434 g/mol. The molecule has 0 amide bonds. The molecule has 0 saturated carbocycles. The first-order chi connectivity index (χ1) is 14.0. The van der Waals surface area contributed by atoms with E-state index in [1.807, 2.05) is 44.2 Å². The number of methoxy groups -OCH3 is 3. The van der Waals surface area contributed by atoms with Crippen molar-refractivity contribution in [3.05, 3.63) is 52.5 Å². The van der Waals surface area contributed by atoms with Crippen LogP contribution in [0.3, 0.4) is 0 Å². The third-order valence-electron chi connectivity index (χ3n) is 4.50. The molecule has 0 aliphatic carbocycles. The van der Waals surface area contributed by atoms with Crippen molar-refractivity contribution in [2.45, 2.75) is 26.5 Å². The van der Waals surface area contributed by atoms with Gasteiger partial charge in [-0.25, -0.2) is 0 Å². The lowest BCUT2D eigenvalue weighted by atomic mass is 10.1. The van der Waals surface area contributed by atoms with Crippen LogP contribution in [-0.4, -0.2) is 27.4 Å². The Morgan fingerprint density at radius 2 is 1.66 bits per heavy atom. The Kier molecular flexibility index (Phi) is 6.75. The SMILES string of the molecule is COc1cc2c(NCc3cc(Br)c(OC)c(OC)c3)cccc2cc1OC(C)C. The van der Waals surface area contributed by atoms with Crippen LogP contribution in [-0.2, 0) is 6.54 Å². The van der Waals surface area contributed by atoms with Crippen LogP contribution >= 0.6 is 15.9 Å². The third-order valence-corrected chi connectivity index (χ3v) is 5.09. The summed E-state index contributed by atoms with van der Waals surface area (Å²) >= 11 is 3.55. The molecule has 0 fully saturated rings. The van der Waals surface area contributed by atoms with Crippen LogP contribution in [0.2, 0.25) is 0 Å². The Bertz CT molecular complexity index is 1000. The van der Waals surface area contributed by atoms with E-state index in [0.29, 0.717) is 23.8 Å². The van der Waals surface area contributed by atoms with Crippen LogP contribution in [0.25, 0.3) is 10.8 Å². The number of fused-ring (bicyclic) bond motifs is 1. The van der Waals surface area contributed by atoms with E-state index in [1.165, 1.54) is 0 Å². The largest absolute Gasteiger partial charge is 0.493 e. The molecule has 1 N–H and O–H groups in total. The van der Waals surface area contributed by atoms with E-state index in [2.05, 4.69) is 33.4 Å². The fourth-order valence-corrected chi connectivity index (χ4v) is 3.87. The van der Waals surface area contributed by atoms with Crippen LogP contribution in [0.15, 0.2) is 46.9 Å². The molecule has 0 aliphatic heterocycles. The molecule has 0 atom stereocenters. The average molecular weight is 460 g/mol. The molecule has 3 aromatic rings. The van der Waals surface area contributed by atoms with Gasteiger partial charge >= 0.3 is 0 Å². The Morgan fingerprint density at radius 3 is 2.31 bits per heavy atom. The molecule has 0 unspecified atom stereocenters. The quantitative estimate of drug-likeness (QED) is 0.445. The molecule has 5 nitrogen and oxygen atoms in total. The minimum absolute atomic E-state index is 0.0751. The molecule has 154 valence electrons. The molecule has 0 heterocycles. The van der Waals surface area contributed by atoms with Gasteiger partial charge in [0.25, 0.3) is 0 Å². The van der Waals surface area contributed by atoms with Crippen LogP contribution in [0.4, 0.5) is 5.69 Å². The number of hydrogen-bond acceptors (Lipinski definition) is 5. The molecule has 0 aromatic heterocycles. The standard InChI is InChI=1S/C23H26BrNO4/c1-14(2)29-21-11-16-7-6-8-19(17(16)12-20(21)26-3)25-13-15-9-18(24)23(28-5)22(10-15)27-4/h6-12,14,25H,13H2,1-5H3. The minimum atomic E-state index is 0.0751. The molecule has 0 saturated heterocycles. The zero-order valence-electron chi connectivity index (χ0n) is 17.3. The summed E-state index contributed by atoms with van der Waals surface area (Å²) in [5.74, 6) is 2.84. The molecule has 3 rings (SSSR count). The van der Waals surface area contributed by atoms with Crippen LogP contribution < -0.4 is 24.3 Å². The number of rotatable bonds is 8. The van der Waals surface area contributed by atoms with Gasteiger partial charge in [0.05, 0.1) is 31.9 Å². The summed E-state index contributed by atoms with van der Waals surface area (Å²) in [6.07, 6.45) is 0.0751. The van der Waals surface area contributed by atoms with Crippen molar-refractivity contribution in [3.63, 3.8) is 0 Å². The highest BCUT2D eigenvalue weighted by molar-refractivity contribution is 9.10. The van der Waals surface area contributed by atoms with Gasteiger partial charge in [0.2, 0.25) is 0 Å². The van der Waals surface area contributed by atoms with E-state index in [0.717, 1.165) is 32.2 Å². The van der Waals surface area contributed by atoms with Gasteiger partial charge in [0.1, 0.15) is 0 Å². The number of ether oxygens (including phenoxy) is 4. The van der Waals surface area contributed by atoms with E-state index in [1.54, 1.807) is 21.3 Å². The normalized spacial score (nSPS) is 10.9. The Morgan fingerprint density at radius 1 is 0.897 bits per heavy atom. The molecule has 0 bridgehead atoms. The first-order valence-corrected chi connectivity index (χ1v) is 10.2. The Labute approximate surface area is 180 Å². The highest BCUT2D eigenvalue weighted by Crippen LogP contribution is 2.38. The average Bonchev–Trinajstić information content (AvgIpc) is 2.70. The van der Waals surface area contributed by atoms with Gasteiger partial charge in [-0.3, -0.25) is 0 Å². The fourth-order valence-electron chi connectivity index (χ4n) is 3.21. The van der Waals surface area contributed by atoms with Gasteiger partial charge in [-0.15, -0.1) is 0 Å². The molecule has 3 aromatic carbocycles. The lowest BCUT2D eigenvalue weighted by molar-refractivity contribution is 0.230. The summed E-state index contributed by atoms with van der Waals surface area (Å²) in [6.45, 7) is 4.64. The molecule has 0 spiro atoms. The predicted octanol–water partition coefficient (Wildman–Crippen LogP) is 6.03. The number of benzene rings is 3. The van der Waals surface area contributed by atoms with Gasteiger partial charge < -0.3 is 24.3 Å². The maximum absolute atomic E-state index is 5.90. The van der Waals surface area contributed by atoms with E-state index in [4.69, 9.17) is 18.9 Å². The fraction of sp³-hybridized carbons (Fsp3) is 0.304. The second-order valence-electron chi connectivity index (χ2n) is 6.86. The lowest BCUT2D eigenvalue weighted by Gasteiger charge is -2.17. The van der Waals surface area contributed by atoms with Crippen molar-refractivity contribution in [1.29, 1.82) is 0 Å². The highest BCUT2D eigenvalue weighted by atomic mass is 79.9. The first kappa shape index (κ1) is 21.1. The summed E-state index contributed by atoms with van der Waals surface area (Å²) in [4.78, 5) is 0. The monoisotopic (exact) mass is 459 g/mol. The van der Waals surface area contributed by atoms with Crippen molar-refractivity contribution < 1.29 is 18.9 Å². The van der Waals surface area contributed by atoms with Crippen molar-refractivity contribution in [3.8, 4) is 23.0 Å². The Hall–Kier alpha value is -2.60. The summed E-state index contributed by atoms with van der Waals surface area (Å²) in [5.41, 5.74) is 2.08. The second-order valence-corrected chi connectivity index (χ2v) is 7.72. The van der Waals surface area contributed by atoms with E-state index in [9.17, 15) is 0 Å². The van der Waals surface area contributed by atoms with Crippen molar-refractivity contribution >= 4 is 32.4 Å². The van der Waals surface area contributed by atoms with Crippen molar-refractivity contribution in [2.75, 3.05) is 26.6 Å². The smallest absolute Gasteiger partial charge is 0.174 e. The summed E-state index contributed by atoms with van der Waals surface area (Å²) < 4.78 is 23.1. The molecule has 6 heteroatoms. The van der Waals surface area contributed by atoms with Gasteiger partial charge in [-0.05, 0) is 71.1 Å². The zero-order chi connectivity index (χ0) is 21.0. The molecule has 29 heavy (non-hydrogen) atoms. The summed E-state index contributed by atoms with van der Waals surface area (Å²) in [6, 6.07) is 14.2. The van der Waals surface area contributed by atoms with Crippen LogP contribution in [0, 0.1) is 0 Å². The van der Waals surface area contributed by atoms with E-state index < -0.39 is 0 Å². The van der Waals surface area contributed by atoms with Gasteiger partial charge in [-0.2, -0.15) is 0 Å². The van der Waals surface area contributed by atoms with Gasteiger partial charge in [0.15, 0.2) is 23.0 Å². The third kappa shape index (κ3) is 4.70. The maximum atomic E-state index is 5.90. The van der Waals surface area contributed by atoms with E-state index >= 15 is 0 Å². The second kappa shape index (κ2) is 9.27. The van der Waals surface area contributed by atoms with E-state index in [-0.39, 0.29) is 6.10 Å². The van der Waals surface area contributed by atoms with Gasteiger partial charge in [0, 0.05) is 17.6 Å². The highest BCUT2D eigenvalue weighted by Gasteiger charge is 2.13. The number of hydrogen-bond donors (Lipinski definition) is 1. The molecule has 0 aliphatic rings. The minimum Gasteiger partial charge on any atom is -0.493 e. The molecular formula is C23H26BrNO4. The zero-order valence-corrected chi connectivity index (χ0v) is 18.9. The summed E-state index contributed by atoms with van der Waals surface area (Å²) in [7, 11) is 4.92. The topological polar surface area (TPSA) is 49.0 Å². The summed E-state index contributed by atoms with van der Waals surface area (Å²) in [5, 5.41) is 5.67. The predicted molar refractivity (Wildman–Crippen MR) is 121 cm³/mol. The number of anilines is 1. The lowest BCUT2D eigenvalue weighted by Crippen LogP contribution is -2.07. The van der Waals surface area contributed by atoms with Crippen LogP contribution in [0.5, 0.6) is 23.0 Å². The number of nitrogens with one attached hydrogen (secondary N) is 1. The van der Waals surface area contributed by atoms with Gasteiger partial charge in [-0.1, -0.05) is 12.1 Å². The van der Waals surface area contributed by atoms with Crippen molar-refractivity contribution in [2.24, 2.45) is 0 Å². The Balaban J connectivity index is 1.92.